The summed E-state index contributed by atoms with van der Waals surface area (Å²) in [5.41, 5.74) is 0.193. The van der Waals surface area contributed by atoms with Gasteiger partial charge >= 0.3 is 0 Å². The molecule has 2 heterocycles. The van der Waals surface area contributed by atoms with Crippen LogP contribution in [0.3, 0.4) is 0 Å². The molecule has 0 bridgehead atoms. The molecule has 0 aromatic carbocycles. The Morgan fingerprint density at radius 1 is 1.41 bits per heavy atom. The number of likely N-dealkylation sites (N-methyl/N-ethyl adjacent to an activating group) is 1. The lowest BCUT2D eigenvalue weighted by Gasteiger charge is -2.45. The van der Waals surface area contributed by atoms with E-state index in [2.05, 4.69) is 30.7 Å². The van der Waals surface area contributed by atoms with Crippen LogP contribution in [0.1, 0.15) is 30.2 Å². The van der Waals surface area contributed by atoms with Gasteiger partial charge in [0.05, 0.1) is 6.54 Å². The fraction of sp³-hybridized carbons (Fsp3) is 0.615. The van der Waals surface area contributed by atoms with Gasteiger partial charge in [0.15, 0.2) is 12.0 Å². The lowest BCUT2D eigenvalue weighted by atomic mass is 10.00. The first-order valence-electron chi connectivity index (χ1n) is 5.99. The Bertz CT molecular complexity index is 398. The van der Waals surface area contributed by atoms with Crippen LogP contribution < -0.4 is 0 Å². The summed E-state index contributed by atoms with van der Waals surface area (Å²) in [6, 6.07) is 3.61. The SMILES string of the molecule is CN1CCN(Cc2ccc(C=O)o2)CC1(C)C. The zero-order chi connectivity index (χ0) is 12.5. The van der Waals surface area contributed by atoms with Crippen LogP contribution in [0.2, 0.25) is 0 Å². The summed E-state index contributed by atoms with van der Waals surface area (Å²) in [6.07, 6.45) is 0.747. The summed E-state index contributed by atoms with van der Waals surface area (Å²) >= 11 is 0. The first-order valence-corrected chi connectivity index (χ1v) is 5.99. The van der Waals surface area contributed by atoms with E-state index >= 15 is 0 Å². The molecule has 4 nitrogen and oxygen atoms in total. The molecule has 1 fully saturated rings. The third-order valence-corrected chi connectivity index (χ3v) is 3.57. The zero-order valence-corrected chi connectivity index (χ0v) is 10.8. The van der Waals surface area contributed by atoms with Crippen molar-refractivity contribution in [1.29, 1.82) is 0 Å². The average molecular weight is 236 g/mol. The van der Waals surface area contributed by atoms with Crippen molar-refractivity contribution < 1.29 is 9.21 Å². The summed E-state index contributed by atoms with van der Waals surface area (Å²) in [5.74, 6) is 1.28. The normalized spacial score (nSPS) is 21.6. The van der Waals surface area contributed by atoms with Crippen molar-refractivity contribution in [2.75, 3.05) is 26.7 Å². The van der Waals surface area contributed by atoms with E-state index in [0.29, 0.717) is 5.76 Å². The maximum atomic E-state index is 10.5. The van der Waals surface area contributed by atoms with Crippen LogP contribution in [0.4, 0.5) is 0 Å². The molecule has 0 spiro atoms. The largest absolute Gasteiger partial charge is 0.457 e. The second-order valence-corrected chi connectivity index (χ2v) is 5.37. The summed E-state index contributed by atoms with van der Waals surface area (Å²) in [4.78, 5) is 15.3. The van der Waals surface area contributed by atoms with Crippen molar-refractivity contribution >= 4 is 6.29 Å². The number of carbonyl (C=O) groups excluding carboxylic acids is 1. The van der Waals surface area contributed by atoms with Crippen molar-refractivity contribution in [3.8, 4) is 0 Å². The van der Waals surface area contributed by atoms with Crippen LogP contribution in [-0.2, 0) is 6.54 Å². The van der Waals surface area contributed by atoms with Gasteiger partial charge in [-0.05, 0) is 33.0 Å². The molecular formula is C13H20N2O2. The van der Waals surface area contributed by atoms with E-state index in [1.165, 1.54) is 0 Å². The van der Waals surface area contributed by atoms with E-state index in [-0.39, 0.29) is 5.54 Å². The Balaban J connectivity index is 1.98. The fourth-order valence-corrected chi connectivity index (χ4v) is 2.24. The van der Waals surface area contributed by atoms with Crippen LogP contribution in [-0.4, -0.2) is 48.3 Å². The Morgan fingerprint density at radius 3 is 2.76 bits per heavy atom. The van der Waals surface area contributed by atoms with Crippen molar-refractivity contribution in [3.63, 3.8) is 0 Å². The molecule has 0 radical (unpaired) electrons. The number of piperazine rings is 1. The molecule has 0 aliphatic carbocycles. The van der Waals surface area contributed by atoms with Crippen LogP contribution in [0.5, 0.6) is 0 Å². The number of furan rings is 1. The number of carbonyl (C=O) groups is 1. The summed E-state index contributed by atoms with van der Waals surface area (Å²) in [5, 5.41) is 0. The Hall–Kier alpha value is -1.13. The van der Waals surface area contributed by atoms with Gasteiger partial charge in [-0.25, -0.2) is 0 Å². The highest BCUT2D eigenvalue weighted by molar-refractivity contribution is 5.70. The molecule has 1 aromatic heterocycles. The Labute approximate surface area is 102 Å². The van der Waals surface area contributed by atoms with Crippen LogP contribution >= 0.6 is 0 Å². The van der Waals surface area contributed by atoms with Crippen LogP contribution in [0, 0.1) is 0 Å². The lowest BCUT2D eigenvalue weighted by Crippen LogP contribution is -2.57. The average Bonchev–Trinajstić information content (AvgIpc) is 2.71. The number of hydrogen-bond donors (Lipinski definition) is 0. The first-order chi connectivity index (χ1) is 8.01. The molecular weight excluding hydrogens is 216 g/mol. The van der Waals surface area contributed by atoms with Gasteiger partial charge in [-0.15, -0.1) is 0 Å². The second-order valence-electron chi connectivity index (χ2n) is 5.37. The maximum absolute atomic E-state index is 10.5. The van der Waals surface area contributed by atoms with Gasteiger partial charge in [0.1, 0.15) is 5.76 Å². The van der Waals surface area contributed by atoms with Crippen LogP contribution in [0.25, 0.3) is 0 Å². The number of aldehydes is 1. The predicted octanol–water partition coefficient (Wildman–Crippen LogP) is 1.62. The highest BCUT2D eigenvalue weighted by Crippen LogP contribution is 2.20. The molecule has 2 rings (SSSR count). The van der Waals surface area contributed by atoms with E-state index in [1.807, 2.05) is 6.07 Å². The van der Waals surface area contributed by atoms with Gasteiger partial charge in [0.25, 0.3) is 0 Å². The molecule has 1 saturated heterocycles. The third-order valence-electron chi connectivity index (χ3n) is 3.57. The van der Waals surface area contributed by atoms with Gasteiger partial charge in [0.2, 0.25) is 0 Å². The van der Waals surface area contributed by atoms with Gasteiger partial charge < -0.3 is 4.42 Å². The van der Waals surface area contributed by atoms with E-state index in [1.54, 1.807) is 6.07 Å². The minimum Gasteiger partial charge on any atom is -0.457 e. The minimum atomic E-state index is 0.193. The standard InChI is InChI=1S/C13H20N2O2/c1-13(2)10-15(7-6-14(13)3)8-11-4-5-12(9-16)17-11/h4-5,9H,6-8,10H2,1-3H3. The quantitative estimate of drug-likeness (QED) is 0.747. The van der Waals surface area contributed by atoms with Crippen molar-refractivity contribution in [3.05, 3.63) is 23.7 Å². The van der Waals surface area contributed by atoms with Gasteiger partial charge in [-0.3, -0.25) is 14.6 Å². The smallest absolute Gasteiger partial charge is 0.185 e. The van der Waals surface area contributed by atoms with Crippen molar-refractivity contribution in [1.82, 2.24) is 9.80 Å². The van der Waals surface area contributed by atoms with E-state index < -0.39 is 0 Å². The fourth-order valence-electron chi connectivity index (χ4n) is 2.24. The number of hydrogen-bond acceptors (Lipinski definition) is 4. The second kappa shape index (κ2) is 4.63. The maximum Gasteiger partial charge on any atom is 0.185 e. The van der Waals surface area contributed by atoms with Crippen LogP contribution in [0.15, 0.2) is 16.5 Å². The number of rotatable bonds is 3. The van der Waals surface area contributed by atoms with Crippen molar-refractivity contribution in [2.45, 2.75) is 25.9 Å². The monoisotopic (exact) mass is 236 g/mol. The third kappa shape index (κ3) is 2.76. The lowest BCUT2D eigenvalue weighted by molar-refractivity contribution is 0.0327. The van der Waals surface area contributed by atoms with E-state index in [9.17, 15) is 4.79 Å². The van der Waals surface area contributed by atoms with Gasteiger partial charge in [-0.2, -0.15) is 0 Å². The van der Waals surface area contributed by atoms with E-state index in [4.69, 9.17) is 4.42 Å². The molecule has 0 atom stereocenters. The summed E-state index contributed by atoms with van der Waals surface area (Å²) in [6.45, 7) is 8.40. The molecule has 0 N–H and O–H groups in total. The Morgan fingerprint density at radius 2 is 2.18 bits per heavy atom. The molecule has 1 aliphatic heterocycles. The molecule has 0 saturated carbocycles. The first kappa shape index (κ1) is 12.3. The van der Waals surface area contributed by atoms with Crippen molar-refractivity contribution in [2.24, 2.45) is 0 Å². The molecule has 17 heavy (non-hydrogen) atoms. The van der Waals surface area contributed by atoms with Gasteiger partial charge in [-0.1, -0.05) is 0 Å². The van der Waals surface area contributed by atoms with Gasteiger partial charge in [0, 0.05) is 25.2 Å². The predicted molar refractivity (Wildman–Crippen MR) is 66.1 cm³/mol. The molecule has 0 amide bonds. The molecule has 94 valence electrons. The zero-order valence-electron chi connectivity index (χ0n) is 10.8. The highest BCUT2D eigenvalue weighted by atomic mass is 16.3. The molecule has 4 heteroatoms. The summed E-state index contributed by atoms with van der Waals surface area (Å²) in [7, 11) is 2.16. The number of nitrogens with zero attached hydrogens (tertiary/aromatic N) is 2. The highest BCUT2D eigenvalue weighted by Gasteiger charge is 2.31. The van der Waals surface area contributed by atoms with E-state index in [0.717, 1.165) is 38.2 Å². The molecule has 0 unspecified atom stereocenters. The summed E-state index contributed by atoms with van der Waals surface area (Å²) < 4.78 is 5.41. The topological polar surface area (TPSA) is 36.7 Å². The molecule has 1 aliphatic rings. The molecule has 1 aromatic rings. The Kier molecular flexibility index (Phi) is 3.35. The minimum absolute atomic E-state index is 0.193.